The zero-order chi connectivity index (χ0) is 23.6. The van der Waals surface area contributed by atoms with Gasteiger partial charge in [-0.3, -0.25) is 0 Å². The van der Waals surface area contributed by atoms with E-state index in [1.807, 2.05) is 20.1 Å². The maximum atomic E-state index is 12.1. The molecular weight excluding hydrogens is 414 g/mol. The lowest BCUT2D eigenvalue weighted by Crippen LogP contribution is -2.80. The highest BCUT2D eigenvalue weighted by Crippen LogP contribution is 2.80. The average Bonchev–Trinajstić information content (AvgIpc) is 3.15. The summed E-state index contributed by atoms with van der Waals surface area (Å²) in [5.41, 5.74) is 0.550. The molecule has 5 heteroatoms. The summed E-state index contributed by atoms with van der Waals surface area (Å²) in [6.07, 6.45) is 5.33. The van der Waals surface area contributed by atoms with Crippen LogP contribution in [0.3, 0.4) is 0 Å². The smallest absolute Gasteiger partial charge is 0.165 e. The molecular formula is C28H37NO4. The second kappa shape index (κ2) is 6.26. The number of benzene rings is 1. The summed E-state index contributed by atoms with van der Waals surface area (Å²) in [5.74, 6) is 1.92. The molecule has 5 aliphatic carbocycles. The molecule has 4 saturated carbocycles. The molecule has 33 heavy (non-hydrogen) atoms. The Hall–Kier alpha value is -1.77. The van der Waals surface area contributed by atoms with E-state index in [4.69, 9.17) is 14.2 Å². The zero-order valence-corrected chi connectivity index (χ0v) is 20.8. The lowest BCUT2D eigenvalue weighted by Gasteiger charge is -2.75. The molecule has 1 aromatic carbocycles. The van der Waals surface area contributed by atoms with Gasteiger partial charge in [0.15, 0.2) is 11.5 Å². The van der Waals surface area contributed by atoms with E-state index in [1.54, 1.807) is 7.11 Å². The quantitative estimate of drug-likeness (QED) is 0.716. The van der Waals surface area contributed by atoms with Crippen molar-refractivity contribution in [3.8, 4) is 17.6 Å². The van der Waals surface area contributed by atoms with Crippen LogP contribution in [-0.2, 0) is 16.6 Å². The van der Waals surface area contributed by atoms with Gasteiger partial charge in [0.25, 0.3) is 0 Å². The SMILES string of the molecule is COc1ccc2c3c1O[C@H]1[C@@]4(OC)CC[C@@]5(C[C@@H]4[C@](C)(O)C(C)(C)C)[C@@H](C2)[C@H](C#N)CC[C@]315. The second-order valence-electron chi connectivity index (χ2n) is 12.7. The third kappa shape index (κ3) is 2.13. The molecule has 0 aromatic heterocycles. The van der Waals surface area contributed by atoms with Gasteiger partial charge in [-0.15, -0.1) is 0 Å². The van der Waals surface area contributed by atoms with Gasteiger partial charge in [0.2, 0.25) is 0 Å². The summed E-state index contributed by atoms with van der Waals surface area (Å²) in [6.45, 7) is 8.36. The lowest BCUT2D eigenvalue weighted by atomic mass is 9.30. The second-order valence-corrected chi connectivity index (χ2v) is 12.7. The van der Waals surface area contributed by atoms with E-state index in [0.717, 1.165) is 50.0 Å². The molecule has 4 fully saturated rings. The van der Waals surface area contributed by atoms with Gasteiger partial charge in [0, 0.05) is 24.0 Å². The first-order chi connectivity index (χ1) is 15.5. The number of hydrogen-bond acceptors (Lipinski definition) is 5. The van der Waals surface area contributed by atoms with E-state index in [0.29, 0.717) is 0 Å². The molecule has 6 aliphatic rings. The van der Waals surface area contributed by atoms with Crippen LogP contribution in [0.4, 0.5) is 0 Å². The first-order valence-electron chi connectivity index (χ1n) is 12.6. The predicted molar refractivity (Wildman–Crippen MR) is 124 cm³/mol. The molecule has 0 saturated heterocycles. The maximum Gasteiger partial charge on any atom is 0.165 e. The Labute approximate surface area is 197 Å². The van der Waals surface area contributed by atoms with Gasteiger partial charge in [-0.25, -0.2) is 0 Å². The Morgan fingerprint density at radius 2 is 1.91 bits per heavy atom. The molecule has 0 unspecified atom stereocenters. The molecule has 1 heterocycles. The number of fused-ring (bicyclic) bond motifs is 2. The molecule has 1 aromatic rings. The number of nitriles is 1. The van der Waals surface area contributed by atoms with Crippen LogP contribution in [0.1, 0.15) is 70.9 Å². The Morgan fingerprint density at radius 1 is 1.15 bits per heavy atom. The molecule has 1 N–H and O–H groups in total. The van der Waals surface area contributed by atoms with Gasteiger partial charge in [0.1, 0.15) is 11.7 Å². The van der Waals surface area contributed by atoms with Gasteiger partial charge in [0.05, 0.1) is 24.7 Å². The van der Waals surface area contributed by atoms with Crippen LogP contribution in [0.25, 0.3) is 0 Å². The third-order valence-corrected chi connectivity index (χ3v) is 11.2. The summed E-state index contributed by atoms with van der Waals surface area (Å²) in [6, 6.07) is 6.93. The average molecular weight is 452 g/mol. The van der Waals surface area contributed by atoms with Gasteiger partial charge < -0.3 is 19.3 Å². The van der Waals surface area contributed by atoms with Gasteiger partial charge in [-0.2, -0.15) is 5.26 Å². The van der Waals surface area contributed by atoms with Crippen molar-refractivity contribution in [2.24, 2.45) is 28.6 Å². The Balaban J connectivity index is 1.66. The fourth-order valence-corrected chi connectivity index (χ4v) is 9.29. The summed E-state index contributed by atoms with van der Waals surface area (Å²) < 4.78 is 19.3. The van der Waals surface area contributed by atoms with E-state index in [2.05, 4.69) is 32.9 Å². The minimum atomic E-state index is -0.947. The molecule has 178 valence electrons. The van der Waals surface area contributed by atoms with Crippen LogP contribution < -0.4 is 9.47 Å². The molecule has 2 spiro atoms. The van der Waals surface area contributed by atoms with Crippen LogP contribution >= 0.6 is 0 Å². The largest absolute Gasteiger partial charge is 0.493 e. The fraction of sp³-hybridized carbons (Fsp3) is 0.750. The van der Waals surface area contributed by atoms with Gasteiger partial charge in [-0.1, -0.05) is 26.8 Å². The van der Waals surface area contributed by atoms with Crippen molar-refractivity contribution in [3.05, 3.63) is 23.3 Å². The van der Waals surface area contributed by atoms with E-state index < -0.39 is 11.2 Å². The standard InChI is InChI=1S/C28H37NO4/c1-24(2,3)25(4,30)20-14-26-11-12-28(20,32-6)23-27(26)10-9-17(15-29)18(26)13-16-7-8-19(31-5)22(33-23)21(16)27/h7-8,17-18,20,23,30H,9-14H2,1-6H3/t17-,18-,20+,23+,25-,26+,27-,28+/m0/s1. The Morgan fingerprint density at radius 3 is 2.55 bits per heavy atom. The monoisotopic (exact) mass is 451 g/mol. The molecule has 0 amide bonds. The number of aliphatic hydroxyl groups is 1. The Kier molecular flexibility index (Phi) is 4.12. The van der Waals surface area contributed by atoms with Crippen molar-refractivity contribution in [3.63, 3.8) is 0 Å². The minimum Gasteiger partial charge on any atom is -0.493 e. The molecule has 4 bridgehead atoms. The maximum absolute atomic E-state index is 12.1. The summed E-state index contributed by atoms with van der Waals surface area (Å²) in [4.78, 5) is 0. The highest BCUT2D eigenvalue weighted by Gasteiger charge is 2.82. The highest BCUT2D eigenvalue weighted by molar-refractivity contribution is 5.63. The van der Waals surface area contributed by atoms with Crippen LogP contribution in [0.5, 0.6) is 11.5 Å². The minimum absolute atomic E-state index is 0.0453. The van der Waals surface area contributed by atoms with Crippen LogP contribution in [0.2, 0.25) is 0 Å². The van der Waals surface area contributed by atoms with Crippen LogP contribution in [-0.4, -0.2) is 36.6 Å². The van der Waals surface area contributed by atoms with Crippen molar-refractivity contribution in [1.82, 2.24) is 0 Å². The van der Waals surface area contributed by atoms with Crippen molar-refractivity contribution >= 4 is 0 Å². The summed E-state index contributed by atoms with van der Waals surface area (Å²) in [5, 5.41) is 22.3. The van der Waals surface area contributed by atoms with Gasteiger partial charge in [-0.05, 0) is 73.8 Å². The summed E-state index contributed by atoms with van der Waals surface area (Å²) >= 11 is 0. The van der Waals surface area contributed by atoms with Crippen molar-refractivity contribution in [1.29, 1.82) is 5.26 Å². The van der Waals surface area contributed by atoms with Crippen LogP contribution in [0.15, 0.2) is 12.1 Å². The number of nitrogens with zero attached hydrogens (tertiary/aromatic N) is 1. The highest BCUT2D eigenvalue weighted by atomic mass is 16.6. The molecule has 7 rings (SSSR count). The van der Waals surface area contributed by atoms with Crippen LogP contribution in [0, 0.1) is 39.9 Å². The van der Waals surface area contributed by atoms with Crippen molar-refractivity contribution in [2.75, 3.05) is 14.2 Å². The van der Waals surface area contributed by atoms with Crippen molar-refractivity contribution in [2.45, 2.75) is 88.9 Å². The normalized spacial score (nSPS) is 43.8. The molecule has 0 radical (unpaired) electrons. The Bertz CT molecular complexity index is 1070. The number of methoxy groups -OCH3 is 2. The third-order valence-electron chi connectivity index (χ3n) is 11.2. The van der Waals surface area contributed by atoms with E-state index in [1.165, 1.54) is 11.1 Å². The van der Waals surface area contributed by atoms with E-state index >= 15 is 0 Å². The first kappa shape index (κ1) is 21.7. The number of rotatable bonds is 3. The fourth-order valence-electron chi connectivity index (χ4n) is 9.29. The summed E-state index contributed by atoms with van der Waals surface area (Å²) in [7, 11) is 3.52. The predicted octanol–water partition coefficient (Wildman–Crippen LogP) is 4.78. The van der Waals surface area contributed by atoms with Gasteiger partial charge >= 0.3 is 0 Å². The zero-order valence-electron chi connectivity index (χ0n) is 20.8. The topological polar surface area (TPSA) is 71.7 Å². The number of ether oxygens (including phenoxy) is 3. The lowest BCUT2D eigenvalue weighted by molar-refractivity contribution is -0.312. The molecule has 8 atom stereocenters. The van der Waals surface area contributed by atoms with E-state index in [-0.39, 0.29) is 40.1 Å². The first-order valence-corrected chi connectivity index (χ1v) is 12.6. The van der Waals surface area contributed by atoms with E-state index in [9.17, 15) is 10.4 Å². The molecule has 5 nitrogen and oxygen atoms in total. The van der Waals surface area contributed by atoms with Crippen molar-refractivity contribution < 1.29 is 19.3 Å². The number of hydrogen-bond donors (Lipinski definition) is 1. The molecule has 1 aliphatic heterocycles.